The van der Waals surface area contributed by atoms with Crippen molar-refractivity contribution < 1.29 is 9.32 Å². The molecule has 1 rings (SSSR count). The smallest absolute Gasteiger partial charge is 0.273 e. The molecule has 1 amide bonds. The van der Waals surface area contributed by atoms with Crippen LogP contribution < -0.4 is 5.32 Å². The summed E-state index contributed by atoms with van der Waals surface area (Å²) in [6, 6.07) is 1.71. The number of aromatic nitrogens is 1. The van der Waals surface area contributed by atoms with Crippen molar-refractivity contribution in [2.24, 2.45) is 0 Å². The summed E-state index contributed by atoms with van der Waals surface area (Å²) < 4.78 is 5.09. The van der Waals surface area contributed by atoms with Gasteiger partial charge in [-0.15, -0.1) is 0 Å². The van der Waals surface area contributed by atoms with E-state index in [1.165, 1.54) is 0 Å². The lowest BCUT2D eigenvalue weighted by atomic mass is 9.90. The maximum atomic E-state index is 12.2. The molecule has 0 aliphatic rings. The minimum Gasteiger partial charge on any atom is -0.361 e. The number of nitrogens with one attached hydrogen (secondary N) is 1. The molecule has 0 saturated carbocycles. The summed E-state index contributed by atoms with van der Waals surface area (Å²) in [5.74, 6) is 0.582. The zero-order valence-electron chi connectivity index (χ0n) is 14.0. The zero-order chi connectivity index (χ0) is 15.9. The van der Waals surface area contributed by atoms with Gasteiger partial charge in [0, 0.05) is 24.6 Å². The molecule has 0 aliphatic heterocycles. The molecule has 5 heteroatoms. The van der Waals surface area contributed by atoms with E-state index < -0.39 is 0 Å². The molecule has 0 aliphatic carbocycles. The molecule has 0 atom stereocenters. The molecule has 21 heavy (non-hydrogen) atoms. The van der Waals surface area contributed by atoms with Crippen molar-refractivity contribution in [2.75, 3.05) is 19.6 Å². The number of nitrogens with zero attached hydrogens (tertiary/aromatic N) is 2. The predicted molar refractivity (Wildman–Crippen MR) is 84.4 cm³/mol. The SMILES string of the molecule is CCc1cc(C(=O)NCC(CC)(CC)N(CC)CC)no1. The second-order valence-electron chi connectivity index (χ2n) is 5.32. The number of likely N-dealkylation sites (N-methyl/N-ethyl adjacent to an activating group) is 1. The fourth-order valence-electron chi connectivity index (χ4n) is 2.88. The summed E-state index contributed by atoms with van der Waals surface area (Å²) in [6.07, 6.45) is 2.75. The molecule has 5 nitrogen and oxygen atoms in total. The van der Waals surface area contributed by atoms with Crippen molar-refractivity contribution in [3.63, 3.8) is 0 Å². The van der Waals surface area contributed by atoms with Gasteiger partial charge in [-0.05, 0) is 25.9 Å². The lowest BCUT2D eigenvalue weighted by Gasteiger charge is -2.42. The Labute approximate surface area is 128 Å². The third kappa shape index (κ3) is 4.06. The number of carbonyl (C=O) groups is 1. The monoisotopic (exact) mass is 295 g/mol. The molecule has 0 fully saturated rings. The number of carbonyl (C=O) groups excluding carboxylic acids is 1. The minimum atomic E-state index is -0.156. The first-order chi connectivity index (χ1) is 10.1. The van der Waals surface area contributed by atoms with Crippen LogP contribution in [0.3, 0.4) is 0 Å². The Hall–Kier alpha value is -1.36. The Balaban J connectivity index is 2.74. The quantitative estimate of drug-likeness (QED) is 0.761. The van der Waals surface area contributed by atoms with Gasteiger partial charge in [0.1, 0.15) is 5.76 Å². The maximum Gasteiger partial charge on any atom is 0.273 e. The van der Waals surface area contributed by atoms with E-state index in [9.17, 15) is 4.79 Å². The van der Waals surface area contributed by atoms with Gasteiger partial charge in [-0.3, -0.25) is 9.69 Å². The van der Waals surface area contributed by atoms with Crippen molar-refractivity contribution in [1.82, 2.24) is 15.4 Å². The summed E-state index contributed by atoms with van der Waals surface area (Å²) in [7, 11) is 0. The Bertz CT molecular complexity index is 434. The lowest BCUT2D eigenvalue weighted by molar-refractivity contribution is 0.0749. The largest absolute Gasteiger partial charge is 0.361 e. The van der Waals surface area contributed by atoms with Crippen LogP contribution in [0.25, 0.3) is 0 Å². The van der Waals surface area contributed by atoms with Crippen LogP contribution in [-0.2, 0) is 6.42 Å². The van der Waals surface area contributed by atoms with Crippen molar-refractivity contribution >= 4 is 5.91 Å². The van der Waals surface area contributed by atoms with E-state index in [1.54, 1.807) is 6.07 Å². The van der Waals surface area contributed by atoms with Crippen molar-refractivity contribution in [1.29, 1.82) is 0 Å². The topological polar surface area (TPSA) is 58.4 Å². The fourth-order valence-corrected chi connectivity index (χ4v) is 2.88. The predicted octanol–water partition coefficient (Wildman–Crippen LogP) is 2.87. The molecular weight excluding hydrogens is 266 g/mol. The first-order valence-corrected chi connectivity index (χ1v) is 8.05. The minimum absolute atomic E-state index is 0.0104. The molecule has 1 aromatic heterocycles. The van der Waals surface area contributed by atoms with Crippen LogP contribution in [-0.4, -0.2) is 41.1 Å². The van der Waals surface area contributed by atoms with Crippen LogP contribution in [0.4, 0.5) is 0 Å². The number of aryl methyl sites for hydroxylation is 1. The molecule has 1 aromatic rings. The average Bonchev–Trinajstić information content (AvgIpc) is 3.00. The fraction of sp³-hybridized carbons (Fsp3) is 0.750. The van der Waals surface area contributed by atoms with Crippen molar-refractivity contribution in [3.8, 4) is 0 Å². The summed E-state index contributed by atoms with van der Waals surface area (Å²) in [4.78, 5) is 14.6. The van der Waals surface area contributed by atoms with Gasteiger partial charge in [-0.1, -0.05) is 39.8 Å². The molecule has 1 N–H and O–H groups in total. The van der Waals surface area contributed by atoms with Crippen molar-refractivity contribution in [3.05, 3.63) is 17.5 Å². The number of amides is 1. The van der Waals surface area contributed by atoms with Gasteiger partial charge in [-0.2, -0.15) is 0 Å². The number of hydrogen-bond donors (Lipinski definition) is 1. The Kier molecular flexibility index (Phi) is 6.89. The van der Waals surface area contributed by atoms with Crippen LogP contribution in [0.15, 0.2) is 10.6 Å². The first-order valence-electron chi connectivity index (χ1n) is 8.05. The second kappa shape index (κ2) is 8.17. The summed E-state index contributed by atoms with van der Waals surface area (Å²) in [5.41, 5.74) is 0.378. The van der Waals surface area contributed by atoms with Gasteiger partial charge in [0.2, 0.25) is 0 Å². The molecule has 120 valence electrons. The number of hydrogen-bond acceptors (Lipinski definition) is 4. The van der Waals surface area contributed by atoms with Crippen LogP contribution in [0.1, 0.15) is 63.7 Å². The molecule has 0 radical (unpaired) electrons. The molecule has 0 saturated heterocycles. The Morgan fingerprint density at radius 1 is 1.24 bits per heavy atom. The molecule has 0 bridgehead atoms. The molecule has 0 spiro atoms. The summed E-state index contributed by atoms with van der Waals surface area (Å²) in [5, 5.41) is 6.85. The van der Waals surface area contributed by atoms with Crippen molar-refractivity contribution in [2.45, 2.75) is 59.4 Å². The third-order valence-electron chi connectivity index (χ3n) is 4.47. The first kappa shape index (κ1) is 17.7. The molecule has 0 aromatic carbocycles. The van der Waals surface area contributed by atoms with Gasteiger partial charge in [0.15, 0.2) is 5.69 Å². The van der Waals surface area contributed by atoms with Gasteiger partial charge in [0.05, 0.1) is 0 Å². The molecule has 1 heterocycles. The van der Waals surface area contributed by atoms with Crippen LogP contribution in [0.2, 0.25) is 0 Å². The average molecular weight is 295 g/mol. The van der Waals surface area contributed by atoms with Gasteiger partial charge >= 0.3 is 0 Å². The lowest BCUT2D eigenvalue weighted by Crippen LogP contribution is -2.55. The van der Waals surface area contributed by atoms with E-state index in [0.717, 1.165) is 38.1 Å². The van der Waals surface area contributed by atoms with Gasteiger partial charge in [-0.25, -0.2) is 0 Å². The van der Waals surface area contributed by atoms with E-state index in [2.05, 4.69) is 43.1 Å². The van der Waals surface area contributed by atoms with Crippen LogP contribution >= 0.6 is 0 Å². The van der Waals surface area contributed by atoms with Gasteiger partial charge in [0.25, 0.3) is 5.91 Å². The highest BCUT2D eigenvalue weighted by molar-refractivity contribution is 5.92. The zero-order valence-corrected chi connectivity index (χ0v) is 14.0. The van der Waals surface area contributed by atoms with E-state index in [4.69, 9.17) is 4.52 Å². The van der Waals surface area contributed by atoms with E-state index >= 15 is 0 Å². The number of rotatable bonds is 9. The normalized spacial score (nSPS) is 11.9. The summed E-state index contributed by atoms with van der Waals surface area (Å²) >= 11 is 0. The van der Waals surface area contributed by atoms with E-state index in [1.807, 2.05) is 6.92 Å². The highest BCUT2D eigenvalue weighted by Gasteiger charge is 2.32. The highest BCUT2D eigenvalue weighted by Crippen LogP contribution is 2.23. The second-order valence-corrected chi connectivity index (χ2v) is 5.32. The Morgan fingerprint density at radius 2 is 1.86 bits per heavy atom. The summed E-state index contributed by atoms with van der Waals surface area (Å²) in [6.45, 7) is 13.3. The Morgan fingerprint density at radius 3 is 2.29 bits per heavy atom. The highest BCUT2D eigenvalue weighted by atomic mass is 16.5. The third-order valence-corrected chi connectivity index (χ3v) is 4.47. The van der Waals surface area contributed by atoms with E-state index in [0.29, 0.717) is 12.2 Å². The van der Waals surface area contributed by atoms with Gasteiger partial charge < -0.3 is 9.84 Å². The molecular formula is C16H29N3O2. The van der Waals surface area contributed by atoms with Crippen LogP contribution in [0.5, 0.6) is 0 Å². The maximum absolute atomic E-state index is 12.2. The van der Waals surface area contributed by atoms with E-state index in [-0.39, 0.29) is 11.4 Å². The standard InChI is InChI=1S/C16H29N3O2/c1-6-13-11-14(18-21-13)15(20)17-12-16(7-2,8-3)19(9-4)10-5/h11H,6-10,12H2,1-5H3,(H,17,20). The van der Waals surface area contributed by atoms with Crippen LogP contribution in [0, 0.1) is 0 Å². The molecule has 0 unspecified atom stereocenters.